The van der Waals surface area contributed by atoms with Gasteiger partial charge in [0, 0.05) is 12.6 Å². The second kappa shape index (κ2) is 7.59. The molecule has 0 aromatic rings. The van der Waals surface area contributed by atoms with Crippen LogP contribution in [0.25, 0.3) is 0 Å². The maximum Gasteiger partial charge on any atom is 0.323 e. The summed E-state index contributed by atoms with van der Waals surface area (Å²) in [6, 6.07) is -0.312. The highest BCUT2D eigenvalue weighted by atomic mass is 16.4. The summed E-state index contributed by atoms with van der Waals surface area (Å²) in [7, 11) is 0. The van der Waals surface area contributed by atoms with Crippen LogP contribution >= 0.6 is 0 Å². The Morgan fingerprint density at radius 3 is 2.17 bits per heavy atom. The molecule has 0 aliphatic rings. The van der Waals surface area contributed by atoms with E-state index in [0.29, 0.717) is 12.5 Å². The molecule has 1 N–H and O–H groups in total. The van der Waals surface area contributed by atoms with E-state index in [9.17, 15) is 9.59 Å². The fraction of sp³-hybridized carbons (Fsp3) is 0.692. The van der Waals surface area contributed by atoms with E-state index in [1.54, 1.807) is 4.90 Å². The second-order valence-corrected chi connectivity index (χ2v) is 4.88. The minimum absolute atomic E-state index is 0.00640. The molecular formula is C13H22N2O3. The lowest BCUT2D eigenvalue weighted by molar-refractivity contribution is -0.137. The van der Waals surface area contributed by atoms with Crippen molar-refractivity contribution < 1.29 is 14.7 Å². The molecule has 5 heteroatoms. The van der Waals surface area contributed by atoms with E-state index >= 15 is 0 Å². The van der Waals surface area contributed by atoms with Gasteiger partial charge in [-0.1, -0.05) is 19.8 Å². The second-order valence-electron chi connectivity index (χ2n) is 4.88. The van der Waals surface area contributed by atoms with Crippen LogP contribution in [0.15, 0.2) is 0 Å². The van der Waals surface area contributed by atoms with Crippen molar-refractivity contribution >= 4 is 12.0 Å². The van der Waals surface area contributed by atoms with Gasteiger partial charge < -0.3 is 14.9 Å². The highest BCUT2D eigenvalue weighted by Gasteiger charge is 2.24. The number of urea groups is 1. The fourth-order valence-corrected chi connectivity index (χ4v) is 1.55. The monoisotopic (exact) mass is 254 g/mol. The normalized spacial score (nSPS) is 10.3. The lowest BCUT2D eigenvalue weighted by atomic mass is 10.2. The van der Waals surface area contributed by atoms with Gasteiger partial charge in [-0.15, -0.1) is 6.42 Å². The third-order valence-electron chi connectivity index (χ3n) is 2.31. The number of hydrogen-bond acceptors (Lipinski definition) is 2. The molecule has 102 valence electrons. The maximum absolute atomic E-state index is 12.2. The van der Waals surface area contributed by atoms with Crippen LogP contribution in [0.2, 0.25) is 0 Å². The van der Waals surface area contributed by atoms with Gasteiger partial charge in [0.05, 0.1) is 6.54 Å². The first-order valence-corrected chi connectivity index (χ1v) is 6.00. The Morgan fingerprint density at radius 2 is 1.83 bits per heavy atom. The molecule has 5 nitrogen and oxygen atoms in total. The number of carbonyl (C=O) groups is 2. The summed E-state index contributed by atoms with van der Waals surface area (Å²) in [5.41, 5.74) is 0. The number of nitrogens with zero attached hydrogens (tertiary/aromatic N) is 2. The first kappa shape index (κ1) is 16.3. The molecule has 0 spiro atoms. The average molecular weight is 254 g/mol. The van der Waals surface area contributed by atoms with Crippen LogP contribution in [0.5, 0.6) is 0 Å². The van der Waals surface area contributed by atoms with Gasteiger partial charge in [0.15, 0.2) is 0 Å². The summed E-state index contributed by atoms with van der Waals surface area (Å²) >= 11 is 0. The van der Waals surface area contributed by atoms with Crippen molar-refractivity contribution in [2.45, 2.75) is 33.7 Å². The fourth-order valence-electron chi connectivity index (χ4n) is 1.55. The van der Waals surface area contributed by atoms with Crippen molar-refractivity contribution in [1.29, 1.82) is 0 Å². The molecule has 0 aromatic carbocycles. The van der Waals surface area contributed by atoms with Gasteiger partial charge in [-0.25, -0.2) is 4.79 Å². The van der Waals surface area contributed by atoms with Crippen molar-refractivity contribution in [3.63, 3.8) is 0 Å². The number of carboxylic acids is 1. The van der Waals surface area contributed by atoms with Gasteiger partial charge >= 0.3 is 12.0 Å². The van der Waals surface area contributed by atoms with Crippen LogP contribution in [0.1, 0.15) is 27.7 Å². The van der Waals surface area contributed by atoms with Gasteiger partial charge in [-0.05, 0) is 19.8 Å². The molecule has 2 amide bonds. The molecular weight excluding hydrogens is 232 g/mol. The Morgan fingerprint density at radius 1 is 1.28 bits per heavy atom. The lowest BCUT2D eigenvalue weighted by Crippen LogP contribution is -2.49. The van der Waals surface area contributed by atoms with Crippen molar-refractivity contribution in [3.05, 3.63) is 0 Å². The van der Waals surface area contributed by atoms with Crippen LogP contribution < -0.4 is 0 Å². The molecule has 0 rings (SSSR count). The van der Waals surface area contributed by atoms with Crippen LogP contribution in [-0.2, 0) is 4.79 Å². The van der Waals surface area contributed by atoms with E-state index in [-0.39, 0.29) is 25.2 Å². The Balaban J connectivity index is 4.88. The molecule has 0 saturated heterocycles. The standard InChI is InChI=1S/C13H22N2O3/c1-6-7-14(9-12(16)17)13(18)15(11(4)5)8-10(2)3/h1,10-11H,7-9H2,2-5H3,(H,16,17). The van der Waals surface area contributed by atoms with Crippen molar-refractivity contribution in [2.24, 2.45) is 5.92 Å². The molecule has 0 unspecified atom stereocenters. The first-order chi connectivity index (χ1) is 8.29. The predicted octanol–water partition coefficient (Wildman–Crippen LogP) is 1.49. The number of terminal acetylenes is 1. The summed E-state index contributed by atoms with van der Waals surface area (Å²) < 4.78 is 0. The zero-order valence-corrected chi connectivity index (χ0v) is 11.5. The first-order valence-electron chi connectivity index (χ1n) is 6.00. The van der Waals surface area contributed by atoms with Gasteiger partial charge in [-0.2, -0.15) is 0 Å². The summed E-state index contributed by atoms with van der Waals surface area (Å²) in [6.45, 7) is 8.02. The van der Waals surface area contributed by atoms with Gasteiger partial charge in [-0.3, -0.25) is 4.79 Å². The number of carbonyl (C=O) groups excluding carboxylic acids is 1. The quantitative estimate of drug-likeness (QED) is 0.731. The molecule has 0 heterocycles. The van der Waals surface area contributed by atoms with Gasteiger partial charge in [0.25, 0.3) is 0 Å². The summed E-state index contributed by atoms with van der Waals surface area (Å²) in [5, 5.41) is 8.78. The zero-order valence-electron chi connectivity index (χ0n) is 11.5. The minimum atomic E-state index is -1.06. The predicted molar refractivity (Wildman–Crippen MR) is 70.1 cm³/mol. The van der Waals surface area contributed by atoms with Gasteiger partial charge in [0.2, 0.25) is 0 Å². The van der Waals surface area contributed by atoms with Crippen molar-refractivity contribution in [1.82, 2.24) is 9.80 Å². The largest absolute Gasteiger partial charge is 0.480 e. The molecule has 18 heavy (non-hydrogen) atoms. The van der Waals surface area contributed by atoms with E-state index < -0.39 is 5.97 Å². The number of amides is 2. The Hall–Kier alpha value is -1.70. The van der Waals surface area contributed by atoms with Crippen LogP contribution in [0.4, 0.5) is 4.79 Å². The highest BCUT2D eigenvalue weighted by molar-refractivity contribution is 5.80. The third-order valence-corrected chi connectivity index (χ3v) is 2.31. The van der Waals surface area contributed by atoms with Crippen molar-refractivity contribution in [2.75, 3.05) is 19.6 Å². The Bertz CT molecular complexity index is 332. The van der Waals surface area contributed by atoms with Gasteiger partial charge in [0.1, 0.15) is 6.54 Å². The third kappa shape index (κ3) is 5.58. The van der Waals surface area contributed by atoms with Crippen LogP contribution in [-0.4, -0.2) is 52.6 Å². The van der Waals surface area contributed by atoms with Crippen molar-refractivity contribution in [3.8, 4) is 12.3 Å². The van der Waals surface area contributed by atoms with E-state index in [1.807, 2.05) is 27.7 Å². The molecule has 0 radical (unpaired) electrons. The number of rotatable bonds is 6. The smallest absolute Gasteiger partial charge is 0.323 e. The number of carboxylic acid groups (broad SMARTS) is 1. The molecule has 0 atom stereocenters. The molecule has 0 bridgehead atoms. The van der Waals surface area contributed by atoms with Crippen LogP contribution in [0.3, 0.4) is 0 Å². The summed E-state index contributed by atoms with van der Waals surface area (Å²) in [4.78, 5) is 25.8. The number of hydrogen-bond donors (Lipinski definition) is 1. The summed E-state index contributed by atoms with van der Waals surface area (Å²) in [6.07, 6.45) is 5.17. The van der Waals surface area contributed by atoms with E-state index in [2.05, 4.69) is 5.92 Å². The van der Waals surface area contributed by atoms with Crippen LogP contribution in [0, 0.1) is 18.3 Å². The van der Waals surface area contributed by atoms with E-state index in [0.717, 1.165) is 0 Å². The topological polar surface area (TPSA) is 60.9 Å². The lowest BCUT2D eigenvalue weighted by Gasteiger charge is -2.33. The summed E-state index contributed by atoms with van der Waals surface area (Å²) in [5.74, 6) is 1.57. The molecule has 0 aromatic heterocycles. The minimum Gasteiger partial charge on any atom is -0.480 e. The molecule has 0 aliphatic heterocycles. The Kier molecular flexibility index (Phi) is 6.88. The number of aliphatic carboxylic acids is 1. The SMILES string of the molecule is C#CCN(CC(=O)O)C(=O)N(CC(C)C)C(C)C. The maximum atomic E-state index is 12.2. The molecule has 0 saturated carbocycles. The van der Waals surface area contributed by atoms with E-state index in [4.69, 9.17) is 11.5 Å². The highest BCUT2D eigenvalue weighted by Crippen LogP contribution is 2.08. The Labute approximate surface area is 109 Å². The molecule has 0 fully saturated rings. The molecule has 0 aliphatic carbocycles. The average Bonchev–Trinajstić information content (AvgIpc) is 2.23. The van der Waals surface area contributed by atoms with E-state index in [1.165, 1.54) is 4.90 Å². The zero-order chi connectivity index (χ0) is 14.3.